The Morgan fingerprint density at radius 1 is 1.13 bits per heavy atom. The smallest absolute Gasteiger partial charge is 0.230 e. The van der Waals surface area contributed by atoms with Gasteiger partial charge in [0.2, 0.25) is 10.8 Å². The van der Waals surface area contributed by atoms with E-state index in [9.17, 15) is 5.11 Å². The van der Waals surface area contributed by atoms with E-state index in [4.69, 9.17) is 18.9 Å². The number of fused-ring (bicyclic) bond motifs is 1. The van der Waals surface area contributed by atoms with Crippen LogP contribution >= 0.6 is 11.3 Å². The summed E-state index contributed by atoms with van der Waals surface area (Å²) in [6.07, 6.45) is 1.55. The highest BCUT2D eigenvalue weighted by Gasteiger charge is 2.42. The summed E-state index contributed by atoms with van der Waals surface area (Å²) in [5.41, 5.74) is 0.999. The maximum Gasteiger partial charge on any atom is 0.230 e. The maximum atomic E-state index is 11.0. The summed E-state index contributed by atoms with van der Waals surface area (Å²) in [6, 6.07) is 5.69. The molecule has 2 aromatic heterocycles. The molecule has 1 spiro atoms. The summed E-state index contributed by atoms with van der Waals surface area (Å²) >= 11 is 1.45. The number of likely N-dealkylation sites (tertiary alicyclic amines) is 1. The summed E-state index contributed by atoms with van der Waals surface area (Å²) in [4.78, 5) is 8.25. The molecule has 10 heteroatoms. The molecule has 2 aliphatic rings. The van der Waals surface area contributed by atoms with E-state index in [1.807, 2.05) is 25.1 Å². The molecule has 3 aromatic rings. The van der Waals surface area contributed by atoms with Gasteiger partial charge in [-0.2, -0.15) is 4.52 Å². The van der Waals surface area contributed by atoms with Crippen molar-refractivity contribution in [2.24, 2.45) is 0 Å². The number of piperidine rings is 1. The average Bonchev–Trinajstić information content (AvgIpc) is 3.47. The summed E-state index contributed by atoms with van der Waals surface area (Å²) in [5.74, 6) is 1.59. The first-order chi connectivity index (χ1) is 15.0. The largest absolute Gasteiger partial charge is 0.493 e. The van der Waals surface area contributed by atoms with Gasteiger partial charge in [0, 0.05) is 25.9 Å². The normalized spacial score (nSPS) is 19.8. The molecule has 5 rings (SSSR count). The van der Waals surface area contributed by atoms with E-state index in [1.54, 1.807) is 14.2 Å². The van der Waals surface area contributed by atoms with Crippen molar-refractivity contribution in [2.45, 2.75) is 31.6 Å². The van der Waals surface area contributed by atoms with Crippen LogP contribution in [0.1, 0.15) is 35.1 Å². The number of aromatic nitrogens is 3. The first-order valence-electron chi connectivity index (χ1n) is 10.3. The Bertz CT molecular complexity index is 1080. The van der Waals surface area contributed by atoms with E-state index >= 15 is 0 Å². The molecule has 0 amide bonds. The summed E-state index contributed by atoms with van der Waals surface area (Å²) in [5, 5.41) is 15.4. The fourth-order valence-corrected chi connectivity index (χ4v) is 5.65. The lowest BCUT2D eigenvalue weighted by molar-refractivity contribution is -0.187. The van der Waals surface area contributed by atoms with Crippen molar-refractivity contribution < 1.29 is 24.1 Å². The SMILES string of the molecule is COc1ccc(C(c2sc3nc(C)nn3c2O)N2CCC3(CC2)OCCO3)cc1OC. The standard InChI is InChI=1S/C21H26N4O5S/c1-13-22-20-25(23-13)19(26)18(31-20)17(14-4-5-15(27-2)16(12-14)28-3)24-8-6-21(7-9-24)29-10-11-30-21/h4-5,12,17,26H,6-11H2,1-3H3. The van der Waals surface area contributed by atoms with E-state index in [0.717, 1.165) is 36.4 Å². The first-order valence-corrected chi connectivity index (χ1v) is 11.1. The van der Waals surface area contributed by atoms with Crippen molar-refractivity contribution in [1.82, 2.24) is 19.5 Å². The Kier molecular flexibility index (Phi) is 5.25. The number of benzene rings is 1. The Morgan fingerprint density at radius 3 is 2.48 bits per heavy atom. The predicted octanol–water partition coefficient (Wildman–Crippen LogP) is 2.75. The second-order valence-electron chi connectivity index (χ2n) is 7.80. The molecular formula is C21H26N4O5S. The second kappa shape index (κ2) is 7.94. The lowest BCUT2D eigenvalue weighted by Gasteiger charge is -2.41. The lowest BCUT2D eigenvalue weighted by atomic mass is 9.97. The van der Waals surface area contributed by atoms with Gasteiger partial charge in [-0.1, -0.05) is 17.4 Å². The monoisotopic (exact) mass is 446 g/mol. The molecule has 4 heterocycles. The third kappa shape index (κ3) is 3.53. The molecule has 9 nitrogen and oxygen atoms in total. The molecule has 2 fully saturated rings. The molecule has 1 aromatic carbocycles. The van der Waals surface area contributed by atoms with Gasteiger partial charge in [0.15, 0.2) is 17.3 Å². The molecule has 1 atom stereocenters. The highest BCUT2D eigenvalue weighted by molar-refractivity contribution is 7.17. The summed E-state index contributed by atoms with van der Waals surface area (Å²) < 4.78 is 24.3. The van der Waals surface area contributed by atoms with Gasteiger partial charge >= 0.3 is 0 Å². The zero-order valence-electron chi connectivity index (χ0n) is 17.8. The van der Waals surface area contributed by atoms with Crippen molar-refractivity contribution in [2.75, 3.05) is 40.5 Å². The molecule has 2 aliphatic heterocycles. The number of thiazole rings is 1. The average molecular weight is 447 g/mol. The Labute approximate surface area is 184 Å². The van der Waals surface area contributed by atoms with Gasteiger partial charge in [-0.15, -0.1) is 5.10 Å². The van der Waals surface area contributed by atoms with Crippen molar-refractivity contribution in [3.63, 3.8) is 0 Å². The van der Waals surface area contributed by atoms with Crippen LogP contribution in [0.15, 0.2) is 18.2 Å². The first kappa shape index (κ1) is 20.5. The third-order valence-electron chi connectivity index (χ3n) is 6.02. The number of hydrogen-bond acceptors (Lipinski definition) is 9. The maximum absolute atomic E-state index is 11.0. The van der Waals surface area contributed by atoms with E-state index in [2.05, 4.69) is 15.0 Å². The Hall–Kier alpha value is -2.40. The van der Waals surface area contributed by atoms with Crippen molar-refractivity contribution in [1.29, 1.82) is 0 Å². The molecular weight excluding hydrogens is 420 g/mol. The Morgan fingerprint density at radius 2 is 1.84 bits per heavy atom. The van der Waals surface area contributed by atoms with Gasteiger partial charge < -0.3 is 24.1 Å². The van der Waals surface area contributed by atoms with Gasteiger partial charge in [-0.3, -0.25) is 4.90 Å². The molecule has 31 heavy (non-hydrogen) atoms. The fourth-order valence-electron chi connectivity index (χ4n) is 4.49. The van der Waals surface area contributed by atoms with Gasteiger partial charge in [-0.05, 0) is 24.6 Å². The molecule has 1 N–H and O–H groups in total. The zero-order chi connectivity index (χ0) is 21.6. The molecule has 2 saturated heterocycles. The van der Waals surface area contributed by atoms with Gasteiger partial charge in [0.25, 0.3) is 0 Å². The lowest BCUT2D eigenvalue weighted by Crippen LogP contribution is -2.46. The van der Waals surface area contributed by atoms with Crippen LogP contribution in [0.3, 0.4) is 0 Å². The number of nitrogens with zero attached hydrogens (tertiary/aromatic N) is 4. The quantitative estimate of drug-likeness (QED) is 0.640. The second-order valence-corrected chi connectivity index (χ2v) is 8.81. The fraction of sp³-hybridized carbons (Fsp3) is 0.524. The van der Waals surface area contributed by atoms with Gasteiger partial charge in [-0.25, -0.2) is 4.98 Å². The molecule has 166 valence electrons. The number of methoxy groups -OCH3 is 2. The number of aryl methyl sites for hydroxylation is 1. The molecule has 0 aliphatic carbocycles. The van der Waals surface area contributed by atoms with Gasteiger partial charge in [0.05, 0.1) is 38.4 Å². The Balaban J connectivity index is 1.55. The topological polar surface area (TPSA) is 90.6 Å². The van der Waals surface area contributed by atoms with Crippen LogP contribution < -0.4 is 9.47 Å². The molecule has 0 saturated carbocycles. The minimum absolute atomic E-state index is 0.119. The van der Waals surface area contributed by atoms with Crippen LogP contribution in [0.2, 0.25) is 0 Å². The number of aromatic hydroxyl groups is 1. The van der Waals surface area contributed by atoms with E-state index < -0.39 is 5.79 Å². The third-order valence-corrected chi connectivity index (χ3v) is 7.09. The predicted molar refractivity (Wildman–Crippen MR) is 114 cm³/mol. The minimum Gasteiger partial charge on any atom is -0.493 e. The van der Waals surface area contributed by atoms with Crippen LogP contribution in [0.4, 0.5) is 0 Å². The van der Waals surface area contributed by atoms with Crippen molar-refractivity contribution in [3.8, 4) is 17.4 Å². The summed E-state index contributed by atoms with van der Waals surface area (Å²) in [6.45, 7) is 4.65. The van der Waals surface area contributed by atoms with Crippen LogP contribution in [-0.2, 0) is 9.47 Å². The van der Waals surface area contributed by atoms with E-state index in [-0.39, 0.29) is 11.9 Å². The highest BCUT2D eigenvalue weighted by atomic mass is 32.1. The zero-order valence-corrected chi connectivity index (χ0v) is 18.6. The molecule has 0 bridgehead atoms. The van der Waals surface area contributed by atoms with Crippen LogP contribution in [0.5, 0.6) is 17.4 Å². The summed E-state index contributed by atoms with van der Waals surface area (Å²) in [7, 11) is 3.24. The number of rotatable bonds is 5. The highest BCUT2D eigenvalue weighted by Crippen LogP contribution is 2.44. The van der Waals surface area contributed by atoms with Gasteiger partial charge in [0.1, 0.15) is 5.82 Å². The molecule has 1 unspecified atom stereocenters. The minimum atomic E-state index is -0.469. The van der Waals surface area contributed by atoms with E-state index in [1.165, 1.54) is 15.9 Å². The van der Waals surface area contributed by atoms with Crippen LogP contribution in [-0.4, -0.2) is 70.9 Å². The molecule has 0 radical (unpaired) electrons. The van der Waals surface area contributed by atoms with Crippen LogP contribution in [0, 0.1) is 6.92 Å². The van der Waals surface area contributed by atoms with Crippen LogP contribution in [0.25, 0.3) is 4.96 Å². The van der Waals surface area contributed by atoms with Crippen molar-refractivity contribution >= 4 is 16.3 Å². The number of hydrogen-bond donors (Lipinski definition) is 1. The number of ether oxygens (including phenoxy) is 4. The van der Waals surface area contributed by atoms with E-state index in [0.29, 0.717) is 35.5 Å². The van der Waals surface area contributed by atoms with Crippen molar-refractivity contribution in [3.05, 3.63) is 34.5 Å².